The van der Waals surface area contributed by atoms with E-state index in [1.807, 2.05) is 18.2 Å². The highest BCUT2D eigenvalue weighted by Gasteiger charge is 2.51. The van der Waals surface area contributed by atoms with Crippen LogP contribution in [0.4, 0.5) is 31.7 Å². The van der Waals surface area contributed by atoms with E-state index >= 15 is 0 Å². The predicted octanol–water partition coefficient (Wildman–Crippen LogP) is 4.76. The number of rotatable bonds is 5. The van der Waals surface area contributed by atoms with Gasteiger partial charge in [-0.25, -0.2) is 13.8 Å². The summed E-state index contributed by atoms with van der Waals surface area (Å²) in [7, 11) is 1.61. The van der Waals surface area contributed by atoms with E-state index in [2.05, 4.69) is 20.5 Å². The van der Waals surface area contributed by atoms with Crippen LogP contribution >= 0.6 is 11.6 Å². The third kappa shape index (κ3) is 4.53. The summed E-state index contributed by atoms with van der Waals surface area (Å²) in [4.78, 5) is 19.7. The lowest BCUT2D eigenvalue weighted by Crippen LogP contribution is -2.44. The standard InChI is InChI=1S/C27H30ClF2N5O3/c1-34-21-5-4-17(32-20-11-22(31-12-19(20)28)35-8-6-15(13-36)7-9-35)10-18(21)23-24(26(34)37)38-14-27(29,30)25(33-23)16-2-3-16/h4-5,10-12,15-16,25,33,36H,2-3,6-9,13-14H2,1H3,(H,31,32)/t25-/m0/s1. The first-order valence-electron chi connectivity index (χ1n) is 13.0. The molecule has 1 saturated carbocycles. The fourth-order valence-electron chi connectivity index (χ4n) is 5.48. The molecule has 1 aromatic carbocycles. The summed E-state index contributed by atoms with van der Waals surface area (Å²) in [6, 6.07) is 6.22. The summed E-state index contributed by atoms with van der Waals surface area (Å²) in [6.45, 7) is 0.963. The molecular formula is C27H30ClF2N5O3. The number of aromatic nitrogens is 2. The minimum absolute atomic E-state index is 0.0875. The van der Waals surface area contributed by atoms with Gasteiger partial charge in [0.25, 0.3) is 5.56 Å². The minimum Gasteiger partial charge on any atom is -0.480 e. The van der Waals surface area contributed by atoms with Gasteiger partial charge in [-0.15, -0.1) is 0 Å². The summed E-state index contributed by atoms with van der Waals surface area (Å²) in [5.41, 5.74) is 1.78. The van der Waals surface area contributed by atoms with E-state index in [1.165, 1.54) is 4.57 Å². The number of nitrogens with one attached hydrogen (secondary N) is 2. The average Bonchev–Trinajstić information content (AvgIpc) is 3.76. The van der Waals surface area contributed by atoms with Gasteiger partial charge >= 0.3 is 5.92 Å². The van der Waals surface area contributed by atoms with Crippen molar-refractivity contribution in [3.8, 4) is 5.75 Å². The topological polar surface area (TPSA) is 91.7 Å². The van der Waals surface area contributed by atoms with Gasteiger partial charge in [0.2, 0.25) is 5.75 Å². The molecule has 3 aliphatic rings. The number of aliphatic hydroxyl groups is 1. The molecule has 0 radical (unpaired) electrons. The van der Waals surface area contributed by atoms with Crippen LogP contribution in [0.15, 0.2) is 35.3 Å². The Kier molecular flexibility index (Phi) is 6.34. The lowest BCUT2D eigenvalue weighted by molar-refractivity contribution is -0.0579. The molecule has 1 saturated heterocycles. The number of pyridine rings is 2. The number of aliphatic hydroxyl groups excluding tert-OH is 1. The van der Waals surface area contributed by atoms with Gasteiger partial charge < -0.3 is 29.9 Å². The summed E-state index contributed by atoms with van der Waals surface area (Å²) in [5.74, 6) is -2.24. The summed E-state index contributed by atoms with van der Waals surface area (Å²) >= 11 is 6.49. The molecule has 0 amide bonds. The van der Waals surface area contributed by atoms with Crippen LogP contribution < -0.4 is 25.8 Å². The molecule has 3 N–H and O–H groups in total. The van der Waals surface area contributed by atoms with Crippen molar-refractivity contribution in [3.05, 3.63) is 45.8 Å². The number of benzene rings is 1. The molecule has 8 nitrogen and oxygen atoms in total. The van der Waals surface area contributed by atoms with E-state index in [9.17, 15) is 18.7 Å². The van der Waals surface area contributed by atoms with Crippen molar-refractivity contribution in [2.75, 3.05) is 41.8 Å². The lowest BCUT2D eigenvalue weighted by atomic mass is 9.98. The van der Waals surface area contributed by atoms with E-state index in [4.69, 9.17) is 16.3 Å². The molecule has 0 bridgehead atoms. The number of ether oxygens (including phenoxy) is 1. The quantitative estimate of drug-likeness (QED) is 0.426. The summed E-state index contributed by atoms with van der Waals surface area (Å²) in [6.07, 6.45) is 4.84. The van der Waals surface area contributed by atoms with Crippen LogP contribution in [0.5, 0.6) is 5.75 Å². The van der Waals surface area contributed by atoms with Gasteiger partial charge in [-0.1, -0.05) is 11.6 Å². The number of halogens is 3. The van der Waals surface area contributed by atoms with Crippen LogP contribution in [0.2, 0.25) is 5.02 Å². The fourth-order valence-corrected chi connectivity index (χ4v) is 5.63. The van der Waals surface area contributed by atoms with Crippen LogP contribution in [-0.4, -0.2) is 52.9 Å². The molecule has 2 aliphatic heterocycles. The molecule has 1 atom stereocenters. The van der Waals surface area contributed by atoms with Gasteiger partial charge in [0, 0.05) is 43.9 Å². The first kappa shape index (κ1) is 25.2. The SMILES string of the molecule is Cn1c(=O)c2c(c3cc(Nc4cc(N5CCC(CO)CC5)ncc4Cl)ccc31)N[C@@H](C1CC1)C(F)(F)CO2. The van der Waals surface area contributed by atoms with Gasteiger partial charge in [-0.3, -0.25) is 4.79 Å². The van der Waals surface area contributed by atoms with Crippen LogP contribution in [0, 0.1) is 11.8 Å². The number of piperidine rings is 1. The second-order valence-electron chi connectivity index (χ2n) is 10.6. The molecular weight excluding hydrogens is 516 g/mol. The van der Waals surface area contributed by atoms with Crippen LogP contribution in [0.25, 0.3) is 10.9 Å². The molecule has 6 rings (SSSR count). The number of hydrogen-bond acceptors (Lipinski definition) is 7. The van der Waals surface area contributed by atoms with Crippen molar-refractivity contribution in [1.29, 1.82) is 0 Å². The van der Waals surface area contributed by atoms with Crippen LogP contribution in [0.3, 0.4) is 0 Å². The monoisotopic (exact) mass is 545 g/mol. The molecule has 1 aliphatic carbocycles. The first-order valence-corrected chi connectivity index (χ1v) is 13.3. The lowest BCUT2D eigenvalue weighted by Gasteiger charge is -2.32. The molecule has 202 valence electrons. The molecule has 0 spiro atoms. The number of aryl methyl sites for hydroxylation is 1. The van der Waals surface area contributed by atoms with E-state index in [0.717, 1.165) is 44.6 Å². The van der Waals surface area contributed by atoms with E-state index in [1.54, 1.807) is 19.3 Å². The van der Waals surface area contributed by atoms with Gasteiger partial charge in [0.05, 0.1) is 34.2 Å². The summed E-state index contributed by atoms with van der Waals surface area (Å²) in [5, 5.41) is 16.8. The second kappa shape index (κ2) is 9.57. The molecule has 4 heterocycles. The van der Waals surface area contributed by atoms with E-state index in [0.29, 0.717) is 38.9 Å². The highest BCUT2D eigenvalue weighted by Crippen LogP contribution is 2.45. The molecule has 3 aromatic rings. The molecule has 2 fully saturated rings. The van der Waals surface area contributed by atoms with Crippen molar-refractivity contribution >= 4 is 45.4 Å². The smallest absolute Gasteiger partial charge is 0.301 e. The second-order valence-corrected chi connectivity index (χ2v) is 11.0. The van der Waals surface area contributed by atoms with Crippen molar-refractivity contribution in [1.82, 2.24) is 9.55 Å². The Balaban J connectivity index is 1.36. The van der Waals surface area contributed by atoms with Crippen molar-refractivity contribution in [2.24, 2.45) is 18.9 Å². The van der Waals surface area contributed by atoms with Gasteiger partial charge in [-0.05, 0) is 55.7 Å². The van der Waals surface area contributed by atoms with Crippen molar-refractivity contribution in [3.63, 3.8) is 0 Å². The maximum Gasteiger partial charge on any atom is 0.301 e. The van der Waals surface area contributed by atoms with E-state index in [-0.39, 0.29) is 18.3 Å². The Morgan fingerprint density at radius 2 is 2.00 bits per heavy atom. The number of anilines is 4. The van der Waals surface area contributed by atoms with Crippen molar-refractivity contribution in [2.45, 2.75) is 37.6 Å². The third-order valence-corrected chi connectivity index (χ3v) is 8.23. The highest BCUT2D eigenvalue weighted by molar-refractivity contribution is 6.33. The van der Waals surface area contributed by atoms with Gasteiger partial charge in [0.15, 0.2) is 6.61 Å². The maximum atomic E-state index is 14.9. The number of hydrogen-bond donors (Lipinski definition) is 3. The third-order valence-electron chi connectivity index (χ3n) is 7.93. The highest BCUT2D eigenvalue weighted by atomic mass is 35.5. The molecule has 11 heteroatoms. The molecule has 2 aromatic heterocycles. The zero-order chi connectivity index (χ0) is 26.6. The predicted molar refractivity (Wildman–Crippen MR) is 144 cm³/mol. The Morgan fingerprint density at radius 1 is 1.24 bits per heavy atom. The minimum atomic E-state index is -3.10. The van der Waals surface area contributed by atoms with Crippen LogP contribution in [0.1, 0.15) is 25.7 Å². The van der Waals surface area contributed by atoms with E-state index < -0.39 is 24.1 Å². The number of fused-ring (bicyclic) bond motifs is 3. The number of nitrogens with zero attached hydrogens (tertiary/aromatic N) is 3. The summed E-state index contributed by atoms with van der Waals surface area (Å²) < 4.78 is 36.7. The van der Waals surface area contributed by atoms with Crippen molar-refractivity contribution < 1.29 is 18.6 Å². The molecule has 38 heavy (non-hydrogen) atoms. The fraction of sp³-hybridized carbons (Fsp3) is 0.481. The average molecular weight is 546 g/mol. The first-order chi connectivity index (χ1) is 18.2. The molecule has 0 unspecified atom stereocenters. The van der Waals surface area contributed by atoms with Gasteiger partial charge in [0.1, 0.15) is 5.82 Å². The Labute approximate surface area is 223 Å². The van der Waals surface area contributed by atoms with Gasteiger partial charge in [-0.2, -0.15) is 0 Å². The zero-order valence-electron chi connectivity index (χ0n) is 21.0. The number of alkyl halides is 2. The normalized spacial score (nSPS) is 21.4. The Hall–Kier alpha value is -3.11. The Morgan fingerprint density at radius 3 is 2.71 bits per heavy atom. The zero-order valence-corrected chi connectivity index (χ0v) is 21.8. The van der Waals surface area contributed by atoms with Crippen LogP contribution in [-0.2, 0) is 7.05 Å². The maximum absolute atomic E-state index is 14.9. The largest absolute Gasteiger partial charge is 0.480 e. The Bertz CT molecular complexity index is 1440.